The van der Waals surface area contributed by atoms with Gasteiger partial charge in [0.2, 0.25) is 0 Å². The minimum Gasteiger partial charge on any atom is -0.480 e. The van der Waals surface area contributed by atoms with Gasteiger partial charge < -0.3 is 14.6 Å². The van der Waals surface area contributed by atoms with Crippen molar-refractivity contribution >= 4 is 11.9 Å². The standard InChI is InChI=1S/C19H29N3O3/c1-13-11-17(14(2)22(13)16-6-7-16)19(25)21-9-4-5-15(8-10-21)20(3)12-18(23)24/h11,15-16H,4-10,12H2,1-3H3,(H,23,24)/t15-/m1/s1. The predicted molar refractivity (Wildman–Crippen MR) is 96.0 cm³/mol. The highest BCUT2D eigenvalue weighted by Gasteiger charge is 2.30. The molecule has 1 aromatic heterocycles. The normalized spacial score (nSPS) is 21.4. The molecule has 2 fully saturated rings. The molecular weight excluding hydrogens is 318 g/mol. The Kier molecular flexibility index (Phi) is 5.18. The summed E-state index contributed by atoms with van der Waals surface area (Å²) in [6.07, 6.45) is 5.11. The summed E-state index contributed by atoms with van der Waals surface area (Å²) in [6.45, 7) is 5.65. The number of carbonyl (C=O) groups excluding carboxylic acids is 1. The van der Waals surface area contributed by atoms with E-state index in [9.17, 15) is 9.59 Å². The molecule has 2 heterocycles. The van der Waals surface area contributed by atoms with Crippen molar-refractivity contribution in [2.24, 2.45) is 0 Å². The van der Waals surface area contributed by atoms with Gasteiger partial charge >= 0.3 is 5.97 Å². The van der Waals surface area contributed by atoms with Crippen LogP contribution in [0.4, 0.5) is 0 Å². The van der Waals surface area contributed by atoms with Gasteiger partial charge in [-0.3, -0.25) is 14.5 Å². The lowest BCUT2D eigenvalue weighted by Crippen LogP contribution is -2.37. The van der Waals surface area contributed by atoms with E-state index in [0.717, 1.165) is 37.1 Å². The minimum atomic E-state index is -0.799. The molecule has 1 amide bonds. The van der Waals surface area contributed by atoms with Gasteiger partial charge in [0.05, 0.1) is 12.1 Å². The van der Waals surface area contributed by atoms with Gasteiger partial charge in [-0.1, -0.05) is 0 Å². The highest BCUT2D eigenvalue weighted by atomic mass is 16.4. The van der Waals surface area contributed by atoms with Gasteiger partial charge in [-0.2, -0.15) is 0 Å². The van der Waals surface area contributed by atoms with Crippen LogP contribution >= 0.6 is 0 Å². The number of aromatic nitrogens is 1. The van der Waals surface area contributed by atoms with Crippen molar-refractivity contribution in [3.63, 3.8) is 0 Å². The Balaban J connectivity index is 1.67. The molecule has 1 aliphatic carbocycles. The van der Waals surface area contributed by atoms with Crippen molar-refractivity contribution in [3.05, 3.63) is 23.0 Å². The van der Waals surface area contributed by atoms with Gasteiger partial charge in [-0.15, -0.1) is 0 Å². The first-order chi connectivity index (χ1) is 11.9. The van der Waals surface area contributed by atoms with E-state index in [2.05, 4.69) is 18.4 Å². The summed E-state index contributed by atoms with van der Waals surface area (Å²) in [4.78, 5) is 27.8. The van der Waals surface area contributed by atoms with Crippen LogP contribution in [-0.4, -0.2) is 64.1 Å². The molecule has 1 aromatic rings. The molecule has 0 aromatic carbocycles. The lowest BCUT2D eigenvalue weighted by atomic mass is 10.1. The topological polar surface area (TPSA) is 65.8 Å². The predicted octanol–water partition coefficient (Wildman–Crippen LogP) is 2.45. The monoisotopic (exact) mass is 347 g/mol. The van der Waals surface area contributed by atoms with E-state index >= 15 is 0 Å². The lowest BCUT2D eigenvalue weighted by Gasteiger charge is -2.25. The average molecular weight is 347 g/mol. The van der Waals surface area contributed by atoms with Gasteiger partial charge in [-0.25, -0.2) is 0 Å². The van der Waals surface area contributed by atoms with Crippen molar-refractivity contribution in [2.45, 2.75) is 58.0 Å². The maximum absolute atomic E-state index is 13.0. The fourth-order valence-corrected chi connectivity index (χ4v) is 4.12. The Hall–Kier alpha value is -1.82. The molecule has 6 nitrogen and oxygen atoms in total. The van der Waals surface area contributed by atoms with Crippen LogP contribution in [0.15, 0.2) is 6.07 Å². The first-order valence-corrected chi connectivity index (χ1v) is 9.28. The summed E-state index contributed by atoms with van der Waals surface area (Å²) in [7, 11) is 1.86. The Bertz CT molecular complexity index is 663. The van der Waals surface area contributed by atoms with E-state index in [-0.39, 0.29) is 18.5 Å². The fourth-order valence-electron chi connectivity index (χ4n) is 4.12. The van der Waals surface area contributed by atoms with Crippen LogP contribution in [0.25, 0.3) is 0 Å². The molecule has 138 valence electrons. The number of likely N-dealkylation sites (tertiary alicyclic amines) is 1. The van der Waals surface area contributed by atoms with E-state index in [4.69, 9.17) is 5.11 Å². The Morgan fingerprint density at radius 3 is 2.56 bits per heavy atom. The number of amides is 1. The van der Waals surface area contributed by atoms with E-state index in [1.165, 1.54) is 18.5 Å². The van der Waals surface area contributed by atoms with Crippen molar-refractivity contribution in [2.75, 3.05) is 26.7 Å². The molecular formula is C19H29N3O3. The molecule has 1 N–H and O–H groups in total. The van der Waals surface area contributed by atoms with Crippen LogP contribution in [0.1, 0.15) is 59.9 Å². The van der Waals surface area contributed by atoms with Crippen molar-refractivity contribution < 1.29 is 14.7 Å². The molecule has 0 unspecified atom stereocenters. The molecule has 1 aliphatic heterocycles. The molecule has 3 rings (SSSR count). The first kappa shape index (κ1) is 18.0. The summed E-state index contributed by atoms with van der Waals surface area (Å²) in [6, 6.07) is 2.85. The Morgan fingerprint density at radius 2 is 1.92 bits per heavy atom. The third-order valence-electron chi connectivity index (χ3n) is 5.62. The molecule has 1 saturated heterocycles. The molecule has 1 saturated carbocycles. The van der Waals surface area contributed by atoms with Crippen LogP contribution in [-0.2, 0) is 4.79 Å². The zero-order valence-corrected chi connectivity index (χ0v) is 15.5. The second kappa shape index (κ2) is 7.20. The number of likely N-dealkylation sites (N-methyl/N-ethyl adjacent to an activating group) is 1. The van der Waals surface area contributed by atoms with Crippen LogP contribution < -0.4 is 0 Å². The number of hydrogen-bond acceptors (Lipinski definition) is 3. The van der Waals surface area contributed by atoms with E-state index in [0.29, 0.717) is 12.6 Å². The third kappa shape index (κ3) is 3.89. The Labute approximate surface area is 149 Å². The molecule has 0 spiro atoms. The summed E-state index contributed by atoms with van der Waals surface area (Å²) in [5.74, 6) is -0.672. The summed E-state index contributed by atoms with van der Waals surface area (Å²) in [5, 5.41) is 8.97. The zero-order chi connectivity index (χ0) is 18.1. The number of nitrogens with zero attached hydrogens (tertiary/aromatic N) is 3. The van der Waals surface area contributed by atoms with E-state index < -0.39 is 5.97 Å². The second-order valence-electron chi connectivity index (χ2n) is 7.57. The molecule has 2 aliphatic rings. The summed E-state index contributed by atoms with van der Waals surface area (Å²) in [5.41, 5.74) is 3.10. The number of hydrogen-bond donors (Lipinski definition) is 1. The SMILES string of the molecule is Cc1cc(C(=O)N2CCC[C@@H](N(C)CC(=O)O)CC2)c(C)n1C1CC1. The molecule has 6 heteroatoms. The van der Waals surface area contributed by atoms with Crippen molar-refractivity contribution in [1.82, 2.24) is 14.4 Å². The van der Waals surface area contributed by atoms with E-state index in [1.54, 1.807) is 0 Å². The number of carboxylic acids is 1. The van der Waals surface area contributed by atoms with Crippen molar-refractivity contribution in [3.8, 4) is 0 Å². The molecule has 1 atom stereocenters. The van der Waals surface area contributed by atoms with Gasteiger partial charge in [0.25, 0.3) is 5.91 Å². The van der Waals surface area contributed by atoms with Crippen LogP contribution in [0, 0.1) is 13.8 Å². The molecule has 25 heavy (non-hydrogen) atoms. The van der Waals surface area contributed by atoms with Crippen LogP contribution in [0.5, 0.6) is 0 Å². The highest BCUT2D eigenvalue weighted by molar-refractivity contribution is 5.95. The van der Waals surface area contributed by atoms with Gasteiger partial charge in [0.15, 0.2) is 0 Å². The van der Waals surface area contributed by atoms with Gasteiger partial charge in [-0.05, 0) is 59.1 Å². The third-order valence-corrected chi connectivity index (χ3v) is 5.62. The van der Waals surface area contributed by atoms with E-state index in [1.807, 2.05) is 22.9 Å². The largest absolute Gasteiger partial charge is 0.480 e. The second-order valence-corrected chi connectivity index (χ2v) is 7.57. The zero-order valence-electron chi connectivity index (χ0n) is 15.5. The molecule has 0 bridgehead atoms. The lowest BCUT2D eigenvalue weighted by molar-refractivity contribution is -0.138. The molecule has 0 radical (unpaired) electrons. The van der Waals surface area contributed by atoms with Gasteiger partial charge in [0, 0.05) is 36.6 Å². The van der Waals surface area contributed by atoms with Gasteiger partial charge in [0.1, 0.15) is 0 Å². The van der Waals surface area contributed by atoms with Crippen molar-refractivity contribution in [1.29, 1.82) is 0 Å². The fraction of sp³-hybridized carbons (Fsp3) is 0.684. The maximum atomic E-state index is 13.0. The summed E-state index contributed by atoms with van der Waals surface area (Å²) >= 11 is 0. The quantitative estimate of drug-likeness (QED) is 0.888. The maximum Gasteiger partial charge on any atom is 0.317 e. The number of aryl methyl sites for hydroxylation is 1. The van der Waals surface area contributed by atoms with Crippen LogP contribution in [0.3, 0.4) is 0 Å². The first-order valence-electron chi connectivity index (χ1n) is 9.28. The number of aliphatic carboxylic acids is 1. The highest BCUT2D eigenvalue weighted by Crippen LogP contribution is 2.38. The van der Waals surface area contributed by atoms with Crippen LogP contribution in [0.2, 0.25) is 0 Å². The number of rotatable bonds is 5. The Morgan fingerprint density at radius 1 is 1.20 bits per heavy atom. The average Bonchev–Trinajstić information content (AvgIpc) is 3.34. The number of carboxylic acid groups (broad SMARTS) is 1. The minimum absolute atomic E-state index is 0.0567. The summed E-state index contributed by atoms with van der Waals surface area (Å²) < 4.78 is 2.31. The number of carbonyl (C=O) groups is 2. The smallest absolute Gasteiger partial charge is 0.317 e.